The van der Waals surface area contributed by atoms with Gasteiger partial charge in [-0.1, -0.05) is 42.5 Å². The lowest BCUT2D eigenvalue weighted by Gasteiger charge is -2.14. The molecule has 0 saturated carbocycles. The quantitative estimate of drug-likeness (QED) is 0.581. The summed E-state index contributed by atoms with van der Waals surface area (Å²) >= 11 is 1.41. The average Bonchev–Trinajstić information content (AvgIpc) is 2.67. The lowest BCUT2D eigenvalue weighted by atomic mass is 10.1. The number of thioether (sulfide) groups is 1. The monoisotopic (exact) mass is 382 g/mol. The van der Waals surface area contributed by atoms with Gasteiger partial charge in [0.15, 0.2) is 5.69 Å². The van der Waals surface area contributed by atoms with Crippen LogP contribution in [-0.4, -0.2) is 38.9 Å². The minimum Gasteiger partial charge on any atom is -0.505 e. The molecule has 3 N–H and O–H groups in total. The Bertz CT molecular complexity index is 977. The molecule has 27 heavy (non-hydrogen) atoms. The molecule has 0 bridgehead atoms. The summed E-state index contributed by atoms with van der Waals surface area (Å²) in [5, 5.41) is 23.7. The summed E-state index contributed by atoms with van der Waals surface area (Å²) in [4.78, 5) is 27.4. The molecule has 1 heterocycles. The predicted molar refractivity (Wildman–Crippen MR) is 105 cm³/mol. The van der Waals surface area contributed by atoms with Gasteiger partial charge in [-0.05, 0) is 28.5 Å². The van der Waals surface area contributed by atoms with Crippen LogP contribution in [-0.2, 0) is 10.5 Å². The van der Waals surface area contributed by atoms with Gasteiger partial charge in [-0.25, -0.2) is 9.78 Å². The van der Waals surface area contributed by atoms with Crippen LogP contribution < -0.4 is 5.32 Å². The Morgan fingerprint density at radius 1 is 1.07 bits per heavy atom. The molecular formula is C20H18N2O4S. The number of aromatic nitrogens is 1. The van der Waals surface area contributed by atoms with Crippen molar-refractivity contribution in [2.45, 2.75) is 11.8 Å². The zero-order chi connectivity index (χ0) is 19.2. The minimum absolute atomic E-state index is 0.191. The highest BCUT2D eigenvalue weighted by molar-refractivity contribution is 7.98. The standard InChI is InChI=1S/C20H18N2O4S/c23-17-6-3-9-21-18(17)19(24)22-16(20(25)26)12-27-11-13-7-8-14-4-1-2-5-15(14)10-13/h1-10,16,23H,11-12H2,(H,22,24)(H,25,26)/t16-/m0/s1. The number of nitrogens with zero attached hydrogens (tertiary/aromatic N) is 1. The molecule has 6 nitrogen and oxygen atoms in total. The minimum atomic E-state index is -1.13. The average molecular weight is 382 g/mol. The van der Waals surface area contributed by atoms with Crippen molar-refractivity contribution in [1.82, 2.24) is 10.3 Å². The molecule has 1 aromatic heterocycles. The lowest BCUT2D eigenvalue weighted by Crippen LogP contribution is -2.42. The number of nitrogens with one attached hydrogen (secondary N) is 1. The number of carboxylic acids is 1. The Kier molecular flexibility index (Phi) is 5.93. The van der Waals surface area contributed by atoms with Gasteiger partial charge >= 0.3 is 5.97 Å². The normalized spacial score (nSPS) is 11.9. The Labute approximate surface area is 160 Å². The SMILES string of the molecule is O=C(N[C@@H](CSCc1ccc2ccccc2c1)C(=O)O)c1ncccc1O. The van der Waals surface area contributed by atoms with Crippen LogP contribution in [0.4, 0.5) is 0 Å². The number of carbonyl (C=O) groups is 2. The molecule has 0 unspecified atom stereocenters. The smallest absolute Gasteiger partial charge is 0.327 e. The third-order valence-corrected chi connectivity index (χ3v) is 5.08. The van der Waals surface area contributed by atoms with E-state index in [9.17, 15) is 19.8 Å². The number of rotatable bonds is 7. The molecule has 0 spiro atoms. The van der Waals surface area contributed by atoms with Crippen molar-refractivity contribution in [3.63, 3.8) is 0 Å². The third-order valence-electron chi connectivity index (χ3n) is 3.97. The zero-order valence-electron chi connectivity index (χ0n) is 14.3. The van der Waals surface area contributed by atoms with Crippen molar-refractivity contribution in [3.05, 3.63) is 72.1 Å². The van der Waals surface area contributed by atoms with E-state index in [1.165, 1.54) is 30.1 Å². The molecule has 0 saturated heterocycles. The first-order valence-corrected chi connectivity index (χ1v) is 9.43. The van der Waals surface area contributed by atoms with Gasteiger partial charge in [0.05, 0.1) is 0 Å². The molecule has 7 heteroatoms. The van der Waals surface area contributed by atoms with E-state index in [0.29, 0.717) is 5.75 Å². The molecule has 3 aromatic rings. The number of pyridine rings is 1. The highest BCUT2D eigenvalue weighted by Gasteiger charge is 2.22. The van der Waals surface area contributed by atoms with Crippen LogP contribution >= 0.6 is 11.8 Å². The highest BCUT2D eigenvalue weighted by atomic mass is 32.2. The van der Waals surface area contributed by atoms with E-state index in [1.54, 1.807) is 0 Å². The maximum Gasteiger partial charge on any atom is 0.327 e. The molecule has 1 atom stereocenters. The maximum absolute atomic E-state index is 12.2. The summed E-state index contributed by atoms with van der Waals surface area (Å²) in [5.41, 5.74) is 0.889. The number of benzene rings is 2. The van der Waals surface area contributed by atoms with Crippen LogP contribution in [0.3, 0.4) is 0 Å². The molecule has 0 aliphatic heterocycles. The predicted octanol–water partition coefficient (Wildman–Crippen LogP) is 3.06. The third kappa shape index (κ3) is 4.77. The van der Waals surface area contributed by atoms with E-state index in [0.717, 1.165) is 16.3 Å². The summed E-state index contributed by atoms with van der Waals surface area (Å²) in [6.45, 7) is 0. The number of aliphatic carboxylic acids is 1. The topological polar surface area (TPSA) is 99.5 Å². The van der Waals surface area contributed by atoms with Crippen LogP contribution in [0.15, 0.2) is 60.8 Å². The molecule has 0 aliphatic rings. The molecule has 3 rings (SSSR count). The van der Waals surface area contributed by atoms with Crippen LogP contribution in [0.5, 0.6) is 5.75 Å². The number of aromatic hydroxyl groups is 1. The van der Waals surface area contributed by atoms with Gasteiger partial charge in [0.2, 0.25) is 0 Å². The first kappa shape index (κ1) is 18.7. The maximum atomic E-state index is 12.2. The van der Waals surface area contributed by atoms with E-state index >= 15 is 0 Å². The molecule has 0 radical (unpaired) electrons. The Balaban J connectivity index is 1.60. The second-order valence-electron chi connectivity index (χ2n) is 5.93. The van der Waals surface area contributed by atoms with Crippen molar-refractivity contribution in [1.29, 1.82) is 0 Å². The fourth-order valence-corrected chi connectivity index (χ4v) is 3.59. The summed E-state index contributed by atoms with van der Waals surface area (Å²) in [7, 11) is 0. The van der Waals surface area contributed by atoms with Gasteiger partial charge in [0.25, 0.3) is 5.91 Å². The Hall–Kier alpha value is -3.06. The van der Waals surface area contributed by atoms with Crippen molar-refractivity contribution >= 4 is 34.4 Å². The second-order valence-corrected chi connectivity index (χ2v) is 6.96. The fourth-order valence-electron chi connectivity index (χ4n) is 2.60. The van der Waals surface area contributed by atoms with Crippen molar-refractivity contribution in [2.24, 2.45) is 0 Å². The summed E-state index contributed by atoms with van der Waals surface area (Å²) < 4.78 is 0. The van der Waals surface area contributed by atoms with E-state index in [-0.39, 0.29) is 17.2 Å². The number of hydrogen-bond donors (Lipinski definition) is 3. The van der Waals surface area contributed by atoms with E-state index in [2.05, 4.69) is 16.4 Å². The summed E-state index contributed by atoms with van der Waals surface area (Å²) in [6.07, 6.45) is 1.36. The number of hydrogen-bond acceptors (Lipinski definition) is 5. The van der Waals surface area contributed by atoms with Gasteiger partial charge in [-0.2, -0.15) is 11.8 Å². The number of carbonyl (C=O) groups excluding carboxylic acids is 1. The highest BCUT2D eigenvalue weighted by Crippen LogP contribution is 2.20. The van der Waals surface area contributed by atoms with E-state index < -0.39 is 17.9 Å². The summed E-state index contributed by atoms with van der Waals surface area (Å²) in [6, 6.07) is 15.9. The lowest BCUT2D eigenvalue weighted by molar-refractivity contribution is -0.138. The zero-order valence-corrected chi connectivity index (χ0v) is 15.1. The summed E-state index contributed by atoms with van der Waals surface area (Å²) in [5.74, 6) is -1.32. The molecule has 0 aliphatic carbocycles. The molecule has 1 amide bonds. The first-order valence-electron chi connectivity index (χ1n) is 8.27. The van der Waals surface area contributed by atoms with E-state index in [1.807, 2.05) is 36.4 Å². The van der Waals surface area contributed by atoms with Crippen LogP contribution in [0.2, 0.25) is 0 Å². The van der Waals surface area contributed by atoms with Crippen LogP contribution in [0.1, 0.15) is 16.1 Å². The molecule has 138 valence electrons. The number of amides is 1. The Morgan fingerprint density at radius 2 is 1.85 bits per heavy atom. The molecule has 0 fully saturated rings. The van der Waals surface area contributed by atoms with Gasteiger partial charge in [0.1, 0.15) is 11.8 Å². The number of fused-ring (bicyclic) bond motifs is 1. The van der Waals surface area contributed by atoms with Crippen LogP contribution in [0, 0.1) is 0 Å². The van der Waals surface area contributed by atoms with Gasteiger partial charge < -0.3 is 15.5 Å². The van der Waals surface area contributed by atoms with Crippen molar-refractivity contribution in [2.75, 3.05) is 5.75 Å². The van der Waals surface area contributed by atoms with Gasteiger partial charge in [0, 0.05) is 17.7 Å². The first-order chi connectivity index (χ1) is 13.0. The van der Waals surface area contributed by atoms with Gasteiger partial charge in [-0.15, -0.1) is 0 Å². The Morgan fingerprint density at radius 3 is 2.59 bits per heavy atom. The van der Waals surface area contributed by atoms with Crippen molar-refractivity contribution < 1.29 is 19.8 Å². The number of carboxylic acid groups (broad SMARTS) is 1. The van der Waals surface area contributed by atoms with Crippen molar-refractivity contribution in [3.8, 4) is 5.75 Å². The van der Waals surface area contributed by atoms with E-state index in [4.69, 9.17) is 0 Å². The largest absolute Gasteiger partial charge is 0.505 e. The second kappa shape index (κ2) is 8.55. The molecular weight excluding hydrogens is 364 g/mol. The van der Waals surface area contributed by atoms with Crippen LogP contribution in [0.25, 0.3) is 10.8 Å². The fraction of sp³-hybridized carbons (Fsp3) is 0.150. The van der Waals surface area contributed by atoms with Gasteiger partial charge in [-0.3, -0.25) is 4.79 Å². The molecule has 2 aromatic carbocycles.